The number of benzene rings is 2. The minimum absolute atomic E-state index is 0.134. The maximum Gasteiger partial charge on any atom is 0.355 e. The van der Waals surface area contributed by atoms with E-state index in [9.17, 15) is 9.59 Å². The van der Waals surface area contributed by atoms with E-state index in [1.807, 2.05) is 38.1 Å². The van der Waals surface area contributed by atoms with E-state index in [2.05, 4.69) is 5.32 Å². The van der Waals surface area contributed by atoms with E-state index in [0.717, 1.165) is 22.4 Å². The molecule has 134 valence electrons. The summed E-state index contributed by atoms with van der Waals surface area (Å²) in [5.74, 6) is -1.33. The first kappa shape index (κ1) is 18.0. The first-order valence-corrected chi connectivity index (χ1v) is 8.46. The third-order valence-corrected chi connectivity index (χ3v) is 4.59. The van der Waals surface area contributed by atoms with Gasteiger partial charge in [-0.25, -0.2) is 9.59 Å². The molecule has 3 rings (SSSR count). The van der Waals surface area contributed by atoms with Gasteiger partial charge >= 0.3 is 11.9 Å². The molecule has 0 aliphatic carbocycles. The molecule has 2 aromatic carbocycles. The van der Waals surface area contributed by atoms with Gasteiger partial charge in [-0.1, -0.05) is 35.9 Å². The topological polar surface area (TPSA) is 64.6 Å². The van der Waals surface area contributed by atoms with Crippen molar-refractivity contribution in [2.24, 2.45) is 0 Å². The molecule has 0 radical (unpaired) electrons. The van der Waals surface area contributed by atoms with E-state index in [1.165, 1.54) is 0 Å². The molecular formula is C20H18ClNO4. The molecule has 0 fully saturated rings. The molecule has 5 nitrogen and oxygen atoms in total. The van der Waals surface area contributed by atoms with E-state index in [-0.39, 0.29) is 10.7 Å². The molecule has 0 amide bonds. The van der Waals surface area contributed by atoms with Crippen LogP contribution in [0.15, 0.2) is 53.2 Å². The summed E-state index contributed by atoms with van der Waals surface area (Å²) in [4.78, 5) is 24.3. The highest BCUT2D eigenvalue weighted by atomic mass is 35.5. The molecule has 1 N–H and O–H groups in total. The van der Waals surface area contributed by atoms with Gasteiger partial charge in [0.05, 0.1) is 5.56 Å². The number of nitrogens with one attached hydrogen (secondary N) is 1. The molecule has 1 aliphatic heterocycles. The number of carbonyl (C=O) groups is 2. The standard InChI is InChI=1S/C20H18ClNO4/c1-11-8-9-14(10-13(11)3)22-17-16(21)19(24)26-20(17)25-18(23)15-7-5-4-6-12(15)2/h4-10,20,22H,1-3H3. The van der Waals surface area contributed by atoms with E-state index in [4.69, 9.17) is 21.1 Å². The van der Waals surface area contributed by atoms with Gasteiger partial charge in [-0.15, -0.1) is 0 Å². The summed E-state index contributed by atoms with van der Waals surface area (Å²) in [5, 5.41) is 2.90. The first-order chi connectivity index (χ1) is 12.4. The molecule has 2 aromatic rings. The van der Waals surface area contributed by atoms with Crippen LogP contribution in [-0.4, -0.2) is 18.2 Å². The van der Waals surface area contributed by atoms with Gasteiger partial charge in [0.1, 0.15) is 5.70 Å². The molecule has 0 saturated carbocycles. The summed E-state index contributed by atoms with van der Waals surface area (Å²) in [7, 11) is 0. The van der Waals surface area contributed by atoms with Crippen molar-refractivity contribution in [3.05, 3.63) is 75.4 Å². The van der Waals surface area contributed by atoms with Gasteiger partial charge in [0.15, 0.2) is 5.03 Å². The molecule has 1 aliphatic rings. The van der Waals surface area contributed by atoms with Crippen LogP contribution in [0.25, 0.3) is 0 Å². The van der Waals surface area contributed by atoms with Crippen molar-refractivity contribution < 1.29 is 19.1 Å². The maximum absolute atomic E-state index is 12.4. The molecular weight excluding hydrogens is 354 g/mol. The van der Waals surface area contributed by atoms with Crippen LogP contribution in [0.4, 0.5) is 5.69 Å². The Morgan fingerprint density at radius 3 is 2.50 bits per heavy atom. The third-order valence-electron chi connectivity index (χ3n) is 4.23. The van der Waals surface area contributed by atoms with Crippen LogP contribution < -0.4 is 5.32 Å². The number of anilines is 1. The van der Waals surface area contributed by atoms with E-state index < -0.39 is 18.2 Å². The summed E-state index contributed by atoms with van der Waals surface area (Å²) in [6.07, 6.45) is -1.22. The fraction of sp³-hybridized carbons (Fsp3) is 0.200. The number of hydrogen-bond acceptors (Lipinski definition) is 5. The Labute approximate surface area is 156 Å². The lowest BCUT2D eigenvalue weighted by atomic mass is 10.1. The summed E-state index contributed by atoms with van der Waals surface area (Å²) >= 11 is 6.06. The number of esters is 2. The number of rotatable bonds is 4. The largest absolute Gasteiger partial charge is 0.415 e. The van der Waals surface area contributed by atoms with Gasteiger partial charge in [0.2, 0.25) is 0 Å². The second-order valence-corrected chi connectivity index (χ2v) is 6.49. The minimum Gasteiger partial charge on any atom is -0.415 e. The first-order valence-electron chi connectivity index (χ1n) is 8.08. The van der Waals surface area contributed by atoms with Crippen LogP contribution in [0.2, 0.25) is 0 Å². The second-order valence-electron chi connectivity index (χ2n) is 6.11. The predicted molar refractivity (Wildman–Crippen MR) is 98.9 cm³/mol. The highest BCUT2D eigenvalue weighted by Crippen LogP contribution is 2.29. The maximum atomic E-state index is 12.4. The summed E-state index contributed by atoms with van der Waals surface area (Å²) in [6.45, 7) is 5.77. The van der Waals surface area contributed by atoms with E-state index in [1.54, 1.807) is 25.1 Å². The van der Waals surface area contributed by atoms with Gasteiger partial charge in [0.25, 0.3) is 6.29 Å². The van der Waals surface area contributed by atoms with Crippen LogP contribution in [-0.2, 0) is 14.3 Å². The zero-order chi connectivity index (χ0) is 18.8. The normalized spacial score (nSPS) is 16.5. The zero-order valence-corrected chi connectivity index (χ0v) is 15.4. The number of carbonyl (C=O) groups excluding carboxylic acids is 2. The fourth-order valence-electron chi connectivity index (χ4n) is 2.56. The predicted octanol–water partition coefficient (Wildman–Crippen LogP) is 4.21. The summed E-state index contributed by atoms with van der Waals surface area (Å²) in [5.41, 5.74) is 4.30. The van der Waals surface area contributed by atoms with Crippen LogP contribution in [0.5, 0.6) is 0 Å². The number of aryl methyl sites for hydroxylation is 3. The van der Waals surface area contributed by atoms with Crippen molar-refractivity contribution in [2.75, 3.05) is 5.32 Å². The number of hydrogen-bond donors (Lipinski definition) is 1. The molecule has 26 heavy (non-hydrogen) atoms. The van der Waals surface area contributed by atoms with Gasteiger partial charge < -0.3 is 14.8 Å². The van der Waals surface area contributed by atoms with Crippen molar-refractivity contribution in [1.29, 1.82) is 0 Å². The van der Waals surface area contributed by atoms with E-state index in [0.29, 0.717) is 5.56 Å². The average molecular weight is 372 g/mol. The SMILES string of the molecule is Cc1ccc(NC2=C(Cl)C(=O)OC2OC(=O)c2ccccc2C)cc1C. The highest BCUT2D eigenvalue weighted by Gasteiger charge is 2.36. The third kappa shape index (κ3) is 3.58. The van der Waals surface area contributed by atoms with Crippen molar-refractivity contribution in [3.63, 3.8) is 0 Å². The molecule has 0 aromatic heterocycles. The van der Waals surface area contributed by atoms with Gasteiger partial charge in [-0.2, -0.15) is 0 Å². The van der Waals surface area contributed by atoms with Gasteiger partial charge in [-0.3, -0.25) is 0 Å². The number of halogens is 1. The Kier molecular flexibility index (Phi) is 5.00. The van der Waals surface area contributed by atoms with Gasteiger partial charge in [-0.05, 0) is 55.7 Å². The highest BCUT2D eigenvalue weighted by molar-refractivity contribution is 6.42. The van der Waals surface area contributed by atoms with Crippen LogP contribution in [0, 0.1) is 20.8 Å². The molecule has 1 atom stereocenters. The van der Waals surface area contributed by atoms with Crippen molar-refractivity contribution in [1.82, 2.24) is 0 Å². The monoisotopic (exact) mass is 371 g/mol. The number of ether oxygens (including phenoxy) is 2. The quantitative estimate of drug-likeness (QED) is 0.815. The molecule has 0 bridgehead atoms. The Hall–Kier alpha value is -2.79. The molecule has 0 spiro atoms. The lowest BCUT2D eigenvalue weighted by Crippen LogP contribution is -2.24. The lowest BCUT2D eigenvalue weighted by Gasteiger charge is -2.17. The number of cyclic esters (lactones) is 1. The van der Waals surface area contributed by atoms with E-state index >= 15 is 0 Å². The van der Waals surface area contributed by atoms with Crippen molar-refractivity contribution in [3.8, 4) is 0 Å². The Balaban J connectivity index is 1.83. The zero-order valence-electron chi connectivity index (χ0n) is 14.6. The Bertz CT molecular complexity index is 920. The van der Waals surface area contributed by atoms with Crippen molar-refractivity contribution in [2.45, 2.75) is 27.1 Å². The molecule has 1 unspecified atom stereocenters. The van der Waals surface area contributed by atoms with Gasteiger partial charge in [0, 0.05) is 5.69 Å². The van der Waals surface area contributed by atoms with Crippen molar-refractivity contribution >= 4 is 29.2 Å². The Morgan fingerprint density at radius 1 is 1.08 bits per heavy atom. The minimum atomic E-state index is -1.22. The summed E-state index contributed by atoms with van der Waals surface area (Å²) in [6, 6.07) is 12.7. The summed E-state index contributed by atoms with van der Waals surface area (Å²) < 4.78 is 10.5. The Morgan fingerprint density at radius 2 is 1.81 bits per heavy atom. The molecule has 1 heterocycles. The molecule has 0 saturated heterocycles. The molecule has 6 heteroatoms. The second kappa shape index (κ2) is 7.22. The fourth-order valence-corrected chi connectivity index (χ4v) is 2.74. The van der Waals surface area contributed by atoms with Crippen LogP contribution in [0.1, 0.15) is 27.0 Å². The smallest absolute Gasteiger partial charge is 0.355 e. The van der Waals surface area contributed by atoms with Crippen LogP contribution in [0.3, 0.4) is 0 Å². The average Bonchev–Trinajstić information content (AvgIpc) is 2.86. The van der Waals surface area contributed by atoms with Crippen LogP contribution >= 0.6 is 11.6 Å². The lowest BCUT2D eigenvalue weighted by molar-refractivity contribution is -0.152.